The van der Waals surface area contributed by atoms with Crippen LogP contribution in [0.15, 0.2) is 11.6 Å². The van der Waals surface area contributed by atoms with Crippen molar-refractivity contribution in [2.24, 2.45) is 0 Å². The molecule has 0 aromatic carbocycles. The summed E-state index contributed by atoms with van der Waals surface area (Å²) in [5.41, 5.74) is 0. The van der Waals surface area contributed by atoms with Crippen molar-refractivity contribution in [3.8, 4) is 0 Å². The summed E-state index contributed by atoms with van der Waals surface area (Å²) in [7, 11) is 2.08. The van der Waals surface area contributed by atoms with Crippen LogP contribution < -0.4 is 4.90 Å². The second kappa shape index (κ2) is 8.19. The zero-order valence-electron chi connectivity index (χ0n) is 13.6. The molecule has 2 fully saturated rings. The molecule has 2 aliphatic rings. The van der Waals surface area contributed by atoms with Crippen LogP contribution in [0, 0.1) is 0 Å². The Morgan fingerprint density at radius 2 is 2.35 bits per heavy atom. The number of aromatic nitrogens is 1. The third-order valence-corrected chi connectivity index (χ3v) is 5.22. The van der Waals surface area contributed by atoms with Crippen LogP contribution in [0.2, 0.25) is 0 Å². The van der Waals surface area contributed by atoms with Gasteiger partial charge in [0, 0.05) is 24.7 Å². The van der Waals surface area contributed by atoms with Gasteiger partial charge < -0.3 is 14.4 Å². The van der Waals surface area contributed by atoms with E-state index in [1.807, 2.05) is 5.38 Å². The molecule has 0 spiro atoms. The molecule has 128 valence electrons. The summed E-state index contributed by atoms with van der Waals surface area (Å²) in [6.45, 7) is 3.14. The van der Waals surface area contributed by atoms with Crippen LogP contribution in [0.25, 0.3) is 0 Å². The lowest BCUT2D eigenvalue weighted by Crippen LogP contribution is -2.48. The lowest BCUT2D eigenvalue weighted by molar-refractivity contribution is -0.125. The van der Waals surface area contributed by atoms with E-state index in [9.17, 15) is 4.79 Å². The van der Waals surface area contributed by atoms with Crippen molar-refractivity contribution < 1.29 is 14.3 Å². The summed E-state index contributed by atoms with van der Waals surface area (Å²) in [4.78, 5) is 20.9. The molecule has 0 N–H and O–H groups in total. The second-order valence-corrected chi connectivity index (χ2v) is 7.16. The first-order valence-electron chi connectivity index (χ1n) is 8.34. The van der Waals surface area contributed by atoms with Gasteiger partial charge in [-0.15, -0.1) is 11.3 Å². The maximum atomic E-state index is 12.7. The summed E-state index contributed by atoms with van der Waals surface area (Å²) in [6, 6.07) is 0. The molecule has 1 aromatic heterocycles. The number of thiazole rings is 1. The minimum atomic E-state index is -0.0244. The Hall–Kier alpha value is -1.02. The predicted octanol–water partition coefficient (Wildman–Crippen LogP) is 1.77. The molecule has 0 bridgehead atoms. The van der Waals surface area contributed by atoms with Crippen molar-refractivity contribution >= 4 is 22.4 Å². The van der Waals surface area contributed by atoms with E-state index in [2.05, 4.69) is 16.9 Å². The van der Waals surface area contributed by atoms with E-state index in [-0.39, 0.29) is 24.7 Å². The Morgan fingerprint density at radius 1 is 1.52 bits per heavy atom. The largest absolute Gasteiger partial charge is 0.374 e. The number of hydrogen-bond donors (Lipinski definition) is 0. The summed E-state index contributed by atoms with van der Waals surface area (Å²) in [5, 5.41) is 2.61. The maximum Gasteiger partial charge on any atom is 0.254 e. The quantitative estimate of drug-likeness (QED) is 0.790. The van der Waals surface area contributed by atoms with E-state index in [1.165, 1.54) is 24.2 Å². The number of hydrogen-bond acceptors (Lipinski definition) is 6. The van der Waals surface area contributed by atoms with Crippen LogP contribution in [0.3, 0.4) is 0 Å². The van der Waals surface area contributed by atoms with E-state index in [4.69, 9.17) is 9.47 Å². The van der Waals surface area contributed by atoms with Gasteiger partial charge in [0.25, 0.3) is 5.91 Å². The molecule has 1 saturated carbocycles. The van der Waals surface area contributed by atoms with E-state index < -0.39 is 0 Å². The Labute approximate surface area is 141 Å². The predicted molar refractivity (Wildman–Crippen MR) is 89.9 cm³/mol. The molecule has 7 heteroatoms. The number of amides is 1. The number of ether oxygens (including phenoxy) is 2. The highest BCUT2D eigenvalue weighted by Crippen LogP contribution is 2.22. The first-order valence-corrected chi connectivity index (χ1v) is 9.22. The van der Waals surface area contributed by atoms with Gasteiger partial charge in [-0.05, 0) is 19.9 Å². The fourth-order valence-corrected chi connectivity index (χ4v) is 3.81. The summed E-state index contributed by atoms with van der Waals surface area (Å²) >= 11 is 1.48. The second-order valence-electron chi connectivity index (χ2n) is 6.29. The van der Waals surface area contributed by atoms with Gasteiger partial charge in [0.2, 0.25) is 0 Å². The first kappa shape index (κ1) is 16.8. The monoisotopic (exact) mass is 339 g/mol. The third-order valence-electron chi connectivity index (χ3n) is 4.42. The standard InChI is InChI=1S/C16H25N3O3S/c1-18-7-8-21-14(10-18)11-19(16-17-6-9-23-16)15(20)12-22-13-4-2-3-5-13/h6,9,13-14H,2-5,7-8,10-12H2,1H3/t14-/m0/s1. The average molecular weight is 339 g/mol. The SMILES string of the molecule is CN1CCO[C@H](CN(C(=O)COC2CCCC2)c2nccs2)C1. The average Bonchev–Trinajstić information content (AvgIpc) is 3.23. The number of rotatable bonds is 6. The van der Waals surface area contributed by atoms with Crippen LogP contribution in [-0.2, 0) is 14.3 Å². The van der Waals surface area contributed by atoms with E-state index in [1.54, 1.807) is 11.1 Å². The highest BCUT2D eigenvalue weighted by molar-refractivity contribution is 7.13. The fourth-order valence-electron chi connectivity index (χ4n) is 3.14. The molecule has 1 aliphatic heterocycles. The summed E-state index contributed by atoms with van der Waals surface area (Å²) < 4.78 is 11.6. The normalized spacial score (nSPS) is 23.3. The van der Waals surface area contributed by atoms with Gasteiger partial charge in [-0.25, -0.2) is 4.98 Å². The zero-order valence-corrected chi connectivity index (χ0v) is 14.5. The fraction of sp³-hybridized carbons (Fsp3) is 0.750. The first-order chi connectivity index (χ1) is 11.2. The van der Waals surface area contributed by atoms with E-state index in [0.29, 0.717) is 13.2 Å². The smallest absolute Gasteiger partial charge is 0.254 e. The van der Waals surface area contributed by atoms with Gasteiger partial charge in [0.15, 0.2) is 5.13 Å². The Balaban J connectivity index is 1.59. The Bertz CT molecular complexity index is 491. The molecule has 1 aromatic rings. The van der Waals surface area contributed by atoms with Gasteiger partial charge in [-0.2, -0.15) is 0 Å². The number of nitrogens with zero attached hydrogens (tertiary/aromatic N) is 3. The molecule has 1 saturated heterocycles. The van der Waals surface area contributed by atoms with Gasteiger partial charge in [0.1, 0.15) is 6.61 Å². The molecule has 1 amide bonds. The topological polar surface area (TPSA) is 54.9 Å². The van der Waals surface area contributed by atoms with Crippen molar-refractivity contribution in [2.75, 3.05) is 44.8 Å². The maximum absolute atomic E-state index is 12.7. The zero-order chi connectivity index (χ0) is 16.1. The summed E-state index contributed by atoms with van der Waals surface area (Å²) in [6.07, 6.45) is 6.55. The minimum Gasteiger partial charge on any atom is -0.374 e. The van der Waals surface area contributed by atoms with Crippen molar-refractivity contribution in [3.63, 3.8) is 0 Å². The third kappa shape index (κ3) is 4.73. The highest BCUT2D eigenvalue weighted by Gasteiger charge is 2.27. The molecule has 1 atom stereocenters. The lowest BCUT2D eigenvalue weighted by Gasteiger charge is -2.33. The molecular weight excluding hydrogens is 314 g/mol. The number of anilines is 1. The highest BCUT2D eigenvalue weighted by atomic mass is 32.1. The van der Waals surface area contributed by atoms with E-state index >= 15 is 0 Å². The van der Waals surface area contributed by atoms with Crippen LogP contribution in [-0.4, -0.2) is 67.9 Å². The molecule has 2 heterocycles. The molecule has 3 rings (SSSR count). The lowest BCUT2D eigenvalue weighted by atomic mass is 10.2. The van der Waals surface area contributed by atoms with Crippen LogP contribution in [0.5, 0.6) is 0 Å². The molecule has 6 nitrogen and oxygen atoms in total. The molecule has 1 aliphatic carbocycles. The van der Waals surface area contributed by atoms with Crippen LogP contribution in [0.1, 0.15) is 25.7 Å². The molecule has 0 unspecified atom stereocenters. The van der Waals surface area contributed by atoms with Crippen LogP contribution in [0.4, 0.5) is 5.13 Å². The van der Waals surface area contributed by atoms with Crippen molar-refractivity contribution in [3.05, 3.63) is 11.6 Å². The van der Waals surface area contributed by atoms with Gasteiger partial charge >= 0.3 is 0 Å². The Morgan fingerprint density at radius 3 is 3.04 bits per heavy atom. The van der Waals surface area contributed by atoms with Gasteiger partial charge in [0.05, 0.1) is 25.4 Å². The number of morpholine rings is 1. The minimum absolute atomic E-state index is 0.0214. The Kier molecular flexibility index (Phi) is 5.99. The van der Waals surface area contributed by atoms with Crippen molar-refractivity contribution in [1.29, 1.82) is 0 Å². The van der Waals surface area contributed by atoms with E-state index in [0.717, 1.165) is 31.1 Å². The molecular formula is C16H25N3O3S. The van der Waals surface area contributed by atoms with Crippen LogP contribution >= 0.6 is 11.3 Å². The number of carbonyl (C=O) groups excluding carboxylic acids is 1. The summed E-state index contributed by atoms with van der Waals surface area (Å²) in [5.74, 6) is -0.0244. The van der Waals surface area contributed by atoms with Gasteiger partial charge in [-0.1, -0.05) is 12.8 Å². The van der Waals surface area contributed by atoms with Crippen molar-refractivity contribution in [2.45, 2.75) is 37.9 Å². The molecule has 23 heavy (non-hydrogen) atoms. The molecule has 0 radical (unpaired) electrons. The number of carbonyl (C=O) groups is 1. The number of likely N-dealkylation sites (N-methyl/N-ethyl adjacent to an activating group) is 1. The van der Waals surface area contributed by atoms with Crippen molar-refractivity contribution in [1.82, 2.24) is 9.88 Å². The van der Waals surface area contributed by atoms with Gasteiger partial charge in [-0.3, -0.25) is 9.69 Å².